The summed E-state index contributed by atoms with van der Waals surface area (Å²) in [5.41, 5.74) is 2.29. The number of nitrogens with zero attached hydrogens (tertiary/aromatic N) is 5. The molecule has 0 radical (unpaired) electrons. The van der Waals surface area contributed by atoms with Crippen molar-refractivity contribution in [1.29, 1.82) is 0 Å². The van der Waals surface area contributed by atoms with E-state index in [0.717, 1.165) is 30.1 Å². The maximum absolute atomic E-state index is 13.2. The Labute approximate surface area is 180 Å². The highest BCUT2D eigenvalue weighted by Crippen LogP contribution is 2.38. The first-order valence-electron chi connectivity index (χ1n) is 10.6. The van der Waals surface area contributed by atoms with Gasteiger partial charge in [-0.2, -0.15) is 10.2 Å². The maximum Gasteiger partial charge on any atom is 0.258 e. The molecule has 0 spiro atoms. The van der Waals surface area contributed by atoms with Gasteiger partial charge in [0.15, 0.2) is 5.82 Å². The van der Waals surface area contributed by atoms with Crippen LogP contribution in [-0.4, -0.2) is 48.9 Å². The molecule has 2 aromatic heterocycles. The molecule has 3 aromatic rings. The fourth-order valence-electron chi connectivity index (χ4n) is 4.17. The van der Waals surface area contributed by atoms with Crippen molar-refractivity contribution in [3.05, 3.63) is 64.0 Å². The summed E-state index contributed by atoms with van der Waals surface area (Å²) in [6, 6.07) is 9.99. The van der Waals surface area contributed by atoms with Gasteiger partial charge in [-0.1, -0.05) is 41.9 Å². The first-order chi connectivity index (χ1) is 14.6. The first kappa shape index (κ1) is 19.3. The monoisotopic (exact) mass is 424 g/mol. The summed E-state index contributed by atoms with van der Waals surface area (Å²) in [6.45, 7) is 3.76. The quantitative estimate of drug-likeness (QED) is 0.673. The van der Waals surface area contributed by atoms with Crippen LogP contribution in [0.25, 0.3) is 0 Å². The standard InChI is InChI=1S/C22H25ClN6O/c1-14-18(19(23)29(27-14)13-15-5-3-2-4-6-15)22(30)28-11-9-17(10-12-28)21-24-20(25-26-21)16-7-8-16/h2-6,16-17H,7-13H2,1H3,(H,24,25,26). The topological polar surface area (TPSA) is 79.7 Å². The van der Waals surface area contributed by atoms with Crippen molar-refractivity contribution in [2.75, 3.05) is 13.1 Å². The summed E-state index contributed by atoms with van der Waals surface area (Å²) in [6.07, 6.45) is 4.14. The van der Waals surface area contributed by atoms with Crippen LogP contribution in [0.15, 0.2) is 30.3 Å². The average molecular weight is 425 g/mol. The normalized spacial score (nSPS) is 17.5. The number of hydrogen-bond acceptors (Lipinski definition) is 4. The number of benzene rings is 1. The van der Waals surface area contributed by atoms with Crippen LogP contribution in [0.5, 0.6) is 0 Å². The Morgan fingerprint density at radius 2 is 1.87 bits per heavy atom. The van der Waals surface area contributed by atoms with Crippen molar-refractivity contribution in [1.82, 2.24) is 29.9 Å². The molecule has 1 saturated heterocycles. The third-order valence-electron chi connectivity index (χ3n) is 6.09. The van der Waals surface area contributed by atoms with Crippen molar-refractivity contribution in [3.63, 3.8) is 0 Å². The number of piperidine rings is 1. The van der Waals surface area contributed by atoms with Crippen LogP contribution < -0.4 is 0 Å². The fourth-order valence-corrected chi connectivity index (χ4v) is 4.48. The van der Waals surface area contributed by atoms with Gasteiger partial charge < -0.3 is 4.90 Å². The summed E-state index contributed by atoms with van der Waals surface area (Å²) in [4.78, 5) is 19.8. The molecule has 1 N–H and O–H groups in total. The lowest BCUT2D eigenvalue weighted by Crippen LogP contribution is -2.38. The predicted molar refractivity (Wildman–Crippen MR) is 114 cm³/mol. The van der Waals surface area contributed by atoms with E-state index in [9.17, 15) is 4.79 Å². The van der Waals surface area contributed by atoms with Crippen LogP contribution in [0.3, 0.4) is 0 Å². The second-order valence-electron chi connectivity index (χ2n) is 8.31. The fraction of sp³-hybridized carbons (Fsp3) is 0.455. The van der Waals surface area contributed by atoms with E-state index in [4.69, 9.17) is 16.6 Å². The number of nitrogens with one attached hydrogen (secondary N) is 1. The van der Waals surface area contributed by atoms with Gasteiger partial charge in [-0.15, -0.1) is 0 Å². The van der Waals surface area contributed by atoms with Gasteiger partial charge in [0.1, 0.15) is 11.0 Å². The molecular weight excluding hydrogens is 400 g/mol. The SMILES string of the molecule is Cc1nn(Cc2ccccc2)c(Cl)c1C(=O)N1CCC(c2nc(C3CC3)n[nH]2)CC1. The van der Waals surface area contributed by atoms with Crippen LogP contribution >= 0.6 is 11.6 Å². The Bertz CT molecular complexity index is 1050. The number of amides is 1. The molecule has 0 bridgehead atoms. The number of H-pyrrole nitrogens is 1. The van der Waals surface area contributed by atoms with Crippen molar-refractivity contribution in [3.8, 4) is 0 Å². The van der Waals surface area contributed by atoms with Gasteiger partial charge in [0.2, 0.25) is 0 Å². The van der Waals surface area contributed by atoms with Crippen LogP contribution in [0, 0.1) is 6.92 Å². The van der Waals surface area contributed by atoms with E-state index in [1.54, 1.807) is 4.68 Å². The third-order valence-corrected chi connectivity index (χ3v) is 6.47. The van der Waals surface area contributed by atoms with Crippen LogP contribution in [-0.2, 0) is 6.54 Å². The van der Waals surface area contributed by atoms with Crippen molar-refractivity contribution in [2.24, 2.45) is 0 Å². The van der Waals surface area contributed by atoms with Gasteiger partial charge >= 0.3 is 0 Å². The number of halogens is 1. The third kappa shape index (κ3) is 3.74. The Hall–Kier alpha value is -2.67. The minimum Gasteiger partial charge on any atom is -0.338 e. The summed E-state index contributed by atoms with van der Waals surface area (Å²) < 4.78 is 1.71. The molecular formula is C22H25ClN6O. The zero-order chi connectivity index (χ0) is 20.7. The maximum atomic E-state index is 13.2. The summed E-state index contributed by atoms with van der Waals surface area (Å²) in [7, 11) is 0. The second-order valence-corrected chi connectivity index (χ2v) is 8.67. The highest BCUT2D eigenvalue weighted by Gasteiger charge is 2.32. The Morgan fingerprint density at radius 1 is 1.13 bits per heavy atom. The molecule has 8 heteroatoms. The van der Waals surface area contributed by atoms with Gasteiger partial charge in [-0.3, -0.25) is 9.89 Å². The smallest absolute Gasteiger partial charge is 0.258 e. The molecule has 1 aliphatic carbocycles. The lowest BCUT2D eigenvalue weighted by atomic mass is 9.95. The van der Waals surface area contributed by atoms with E-state index < -0.39 is 0 Å². The highest BCUT2D eigenvalue weighted by molar-refractivity contribution is 6.33. The molecule has 156 valence electrons. The Kier molecular flexibility index (Phi) is 5.06. The molecule has 5 rings (SSSR count). The number of aryl methyl sites for hydroxylation is 1. The first-order valence-corrected chi connectivity index (χ1v) is 11.0. The minimum atomic E-state index is -0.0356. The van der Waals surface area contributed by atoms with Gasteiger partial charge in [0.05, 0.1) is 17.8 Å². The van der Waals surface area contributed by atoms with Gasteiger partial charge in [0, 0.05) is 24.9 Å². The number of aromatic amines is 1. The number of carbonyl (C=O) groups is 1. The molecule has 7 nitrogen and oxygen atoms in total. The molecule has 1 aliphatic heterocycles. The van der Waals surface area contributed by atoms with Crippen LogP contribution in [0.2, 0.25) is 5.15 Å². The largest absolute Gasteiger partial charge is 0.338 e. The molecule has 2 fully saturated rings. The van der Waals surface area contributed by atoms with E-state index in [2.05, 4.69) is 15.3 Å². The molecule has 0 unspecified atom stereocenters. The van der Waals surface area contributed by atoms with Crippen molar-refractivity contribution < 1.29 is 4.79 Å². The average Bonchev–Trinajstić information content (AvgIpc) is 3.43. The summed E-state index contributed by atoms with van der Waals surface area (Å²) in [5.74, 6) is 2.76. The lowest BCUT2D eigenvalue weighted by molar-refractivity contribution is 0.0710. The molecule has 30 heavy (non-hydrogen) atoms. The number of likely N-dealkylation sites (tertiary alicyclic amines) is 1. The van der Waals surface area contributed by atoms with E-state index >= 15 is 0 Å². The van der Waals surface area contributed by atoms with E-state index in [1.165, 1.54) is 12.8 Å². The van der Waals surface area contributed by atoms with Gasteiger partial charge in [-0.25, -0.2) is 9.67 Å². The van der Waals surface area contributed by atoms with Crippen LogP contribution in [0.1, 0.15) is 70.8 Å². The second kappa shape index (κ2) is 7.87. The number of hydrogen-bond donors (Lipinski definition) is 1. The number of rotatable bonds is 5. The number of aromatic nitrogens is 5. The van der Waals surface area contributed by atoms with Gasteiger partial charge in [-0.05, 0) is 38.2 Å². The Balaban J connectivity index is 1.26. The molecule has 1 saturated carbocycles. The lowest BCUT2D eigenvalue weighted by Gasteiger charge is -2.31. The van der Waals surface area contributed by atoms with Crippen molar-refractivity contribution >= 4 is 17.5 Å². The molecule has 1 amide bonds. The molecule has 3 heterocycles. The van der Waals surface area contributed by atoms with Crippen molar-refractivity contribution in [2.45, 2.75) is 51.0 Å². The summed E-state index contributed by atoms with van der Waals surface area (Å²) >= 11 is 6.59. The molecule has 0 atom stereocenters. The van der Waals surface area contributed by atoms with E-state index in [-0.39, 0.29) is 5.91 Å². The van der Waals surface area contributed by atoms with E-state index in [1.807, 2.05) is 42.2 Å². The zero-order valence-corrected chi connectivity index (χ0v) is 17.8. The van der Waals surface area contributed by atoms with Crippen LogP contribution in [0.4, 0.5) is 0 Å². The Morgan fingerprint density at radius 3 is 2.57 bits per heavy atom. The molecule has 2 aliphatic rings. The van der Waals surface area contributed by atoms with E-state index in [0.29, 0.717) is 47.9 Å². The highest BCUT2D eigenvalue weighted by atomic mass is 35.5. The summed E-state index contributed by atoms with van der Waals surface area (Å²) in [5, 5.41) is 12.4. The minimum absolute atomic E-state index is 0.0356. The zero-order valence-electron chi connectivity index (χ0n) is 17.0. The molecule has 1 aromatic carbocycles. The predicted octanol–water partition coefficient (Wildman–Crippen LogP) is 3.91. The number of carbonyl (C=O) groups excluding carboxylic acids is 1. The van der Waals surface area contributed by atoms with Gasteiger partial charge in [0.25, 0.3) is 5.91 Å².